The molecule has 3 aromatic carbocycles. The lowest BCUT2D eigenvalue weighted by molar-refractivity contribution is 0.601. The summed E-state index contributed by atoms with van der Waals surface area (Å²) >= 11 is 0. The number of benzene rings is 3. The van der Waals surface area contributed by atoms with E-state index >= 15 is 0 Å². The lowest BCUT2D eigenvalue weighted by Gasteiger charge is -2.16. The number of sulfonamides is 1. The summed E-state index contributed by atoms with van der Waals surface area (Å²) in [5, 5.41) is 0.657. The summed E-state index contributed by atoms with van der Waals surface area (Å²) in [6.07, 6.45) is 0. The Morgan fingerprint density at radius 2 is 1.50 bits per heavy atom. The molecule has 1 N–H and O–H groups in total. The molecule has 3 rings (SSSR count). The van der Waals surface area contributed by atoms with Crippen LogP contribution in [0.2, 0.25) is 0 Å². The minimum absolute atomic E-state index is 0.0676. The van der Waals surface area contributed by atoms with E-state index in [2.05, 4.69) is 4.72 Å². The van der Waals surface area contributed by atoms with Gasteiger partial charge >= 0.3 is 0 Å². The van der Waals surface area contributed by atoms with Crippen LogP contribution < -0.4 is 4.72 Å². The molecule has 0 saturated carbocycles. The second-order valence-electron chi connectivity index (χ2n) is 5.94. The number of rotatable bonds is 4. The van der Waals surface area contributed by atoms with Gasteiger partial charge in [0.25, 0.3) is 10.0 Å². The molecule has 0 saturated heterocycles. The first-order valence-corrected chi connectivity index (χ1v) is 9.17. The highest BCUT2D eigenvalue weighted by atomic mass is 32.2. The fourth-order valence-corrected chi connectivity index (χ4v) is 4.06. The van der Waals surface area contributed by atoms with Crippen LogP contribution in [0.4, 0.5) is 10.1 Å². The molecule has 0 atom stereocenters. The van der Waals surface area contributed by atoms with Gasteiger partial charge in [0.1, 0.15) is 5.82 Å². The quantitative estimate of drug-likeness (QED) is 0.732. The zero-order valence-electron chi connectivity index (χ0n) is 13.5. The van der Waals surface area contributed by atoms with E-state index in [0.717, 1.165) is 5.56 Å². The van der Waals surface area contributed by atoms with Crippen LogP contribution in [0.5, 0.6) is 0 Å². The van der Waals surface area contributed by atoms with Crippen LogP contribution in [0.15, 0.2) is 65.6 Å². The van der Waals surface area contributed by atoms with Crippen LogP contribution in [0, 0.1) is 5.82 Å². The van der Waals surface area contributed by atoms with Crippen LogP contribution in [0.3, 0.4) is 0 Å². The Labute approximate surface area is 141 Å². The maximum atomic E-state index is 13.9. The van der Waals surface area contributed by atoms with Gasteiger partial charge in [-0.25, -0.2) is 12.8 Å². The van der Waals surface area contributed by atoms with Gasteiger partial charge in [-0.2, -0.15) is 0 Å². The van der Waals surface area contributed by atoms with Crippen molar-refractivity contribution >= 4 is 26.5 Å². The van der Waals surface area contributed by atoms with Crippen molar-refractivity contribution < 1.29 is 12.8 Å². The highest BCUT2D eigenvalue weighted by Gasteiger charge is 2.20. The van der Waals surface area contributed by atoms with Crippen molar-refractivity contribution in [3.63, 3.8) is 0 Å². The van der Waals surface area contributed by atoms with Crippen molar-refractivity contribution in [2.24, 2.45) is 0 Å². The van der Waals surface area contributed by atoms with Gasteiger partial charge in [-0.15, -0.1) is 0 Å². The number of para-hydroxylation sites is 1. The topological polar surface area (TPSA) is 46.2 Å². The lowest BCUT2D eigenvalue weighted by Crippen LogP contribution is -2.15. The van der Waals surface area contributed by atoms with E-state index in [-0.39, 0.29) is 16.2 Å². The predicted octanol–water partition coefficient (Wildman–Crippen LogP) is 4.90. The predicted molar refractivity (Wildman–Crippen MR) is 95.2 cm³/mol. The molecule has 24 heavy (non-hydrogen) atoms. The summed E-state index contributed by atoms with van der Waals surface area (Å²) in [7, 11) is -3.83. The fraction of sp³-hybridized carbons (Fsp3) is 0.158. The maximum absolute atomic E-state index is 13.9. The van der Waals surface area contributed by atoms with Gasteiger partial charge in [0.2, 0.25) is 0 Å². The summed E-state index contributed by atoms with van der Waals surface area (Å²) in [5.41, 5.74) is 1.45. The number of halogens is 1. The van der Waals surface area contributed by atoms with Crippen molar-refractivity contribution in [3.8, 4) is 0 Å². The molecule has 0 radical (unpaired) electrons. The summed E-state index contributed by atoms with van der Waals surface area (Å²) in [5.74, 6) is -0.263. The average molecular weight is 343 g/mol. The molecule has 0 aliphatic heterocycles. The fourth-order valence-electron chi connectivity index (χ4n) is 2.76. The van der Waals surface area contributed by atoms with Crippen molar-refractivity contribution in [2.75, 3.05) is 4.72 Å². The van der Waals surface area contributed by atoms with Gasteiger partial charge in [0, 0.05) is 10.8 Å². The van der Waals surface area contributed by atoms with Crippen LogP contribution in [0.25, 0.3) is 10.8 Å². The SMILES string of the molecule is CC(C)c1ccccc1NS(=O)(=O)c1ccc(F)c2ccccc12. The third-order valence-corrected chi connectivity index (χ3v) is 5.37. The molecule has 0 amide bonds. The van der Waals surface area contributed by atoms with E-state index in [4.69, 9.17) is 0 Å². The largest absolute Gasteiger partial charge is 0.279 e. The molecule has 124 valence electrons. The normalized spacial score (nSPS) is 11.8. The van der Waals surface area contributed by atoms with Gasteiger partial charge in [-0.1, -0.05) is 56.3 Å². The number of hydrogen-bond donors (Lipinski definition) is 1. The second kappa shape index (κ2) is 6.24. The molecular weight excluding hydrogens is 325 g/mol. The van der Waals surface area contributed by atoms with E-state index < -0.39 is 15.8 Å². The van der Waals surface area contributed by atoms with Crippen LogP contribution >= 0.6 is 0 Å². The first-order chi connectivity index (χ1) is 11.4. The first kappa shape index (κ1) is 16.5. The summed E-state index contributed by atoms with van der Waals surface area (Å²) in [4.78, 5) is 0.0676. The molecule has 0 spiro atoms. The molecule has 0 heterocycles. The zero-order valence-corrected chi connectivity index (χ0v) is 14.3. The molecule has 5 heteroatoms. The summed E-state index contributed by atoms with van der Waals surface area (Å²) < 4.78 is 42.3. The molecule has 3 aromatic rings. The Balaban J connectivity index is 2.12. The Morgan fingerprint density at radius 3 is 2.21 bits per heavy atom. The maximum Gasteiger partial charge on any atom is 0.262 e. The highest BCUT2D eigenvalue weighted by molar-refractivity contribution is 7.93. The van der Waals surface area contributed by atoms with E-state index in [0.29, 0.717) is 11.1 Å². The zero-order chi connectivity index (χ0) is 17.3. The minimum atomic E-state index is -3.83. The number of anilines is 1. The van der Waals surface area contributed by atoms with Crippen molar-refractivity contribution in [1.82, 2.24) is 0 Å². The smallest absolute Gasteiger partial charge is 0.262 e. The van der Waals surface area contributed by atoms with E-state index in [1.165, 1.54) is 12.1 Å². The second-order valence-corrected chi connectivity index (χ2v) is 7.59. The van der Waals surface area contributed by atoms with Gasteiger partial charge in [-0.05, 0) is 29.7 Å². The van der Waals surface area contributed by atoms with E-state index in [1.807, 2.05) is 26.0 Å². The first-order valence-electron chi connectivity index (χ1n) is 7.69. The number of nitrogens with one attached hydrogen (secondary N) is 1. The molecule has 0 aliphatic rings. The number of fused-ring (bicyclic) bond motifs is 1. The summed E-state index contributed by atoms with van der Waals surface area (Å²) in [6, 6.07) is 16.3. The van der Waals surface area contributed by atoms with Gasteiger partial charge < -0.3 is 0 Å². The highest BCUT2D eigenvalue weighted by Crippen LogP contribution is 2.29. The van der Waals surface area contributed by atoms with Crippen LogP contribution in [-0.4, -0.2) is 8.42 Å². The standard InChI is InChI=1S/C19H18FNO2S/c1-13(2)14-7-5-6-10-18(14)21-24(22,23)19-12-11-17(20)15-8-3-4-9-16(15)19/h3-13,21H,1-2H3. The molecule has 0 bridgehead atoms. The van der Waals surface area contributed by atoms with Crippen molar-refractivity contribution in [2.45, 2.75) is 24.7 Å². The molecule has 0 unspecified atom stereocenters. The lowest BCUT2D eigenvalue weighted by atomic mass is 10.0. The molecule has 0 fully saturated rings. The Kier molecular flexibility index (Phi) is 4.28. The molecular formula is C19H18FNO2S. The third kappa shape index (κ3) is 2.99. The average Bonchev–Trinajstić information content (AvgIpc) is 2.55. The third-order valence-electron chi connectivity index (χ3n) is 3.95. The monoisotopic (exact) mass is 343 g/mol. The molecule has 0 aliphatic carbocycles. The van der Waals surface area contributed by atoms with Crippen molar-refractivity contribution in [3.05, 3.63) is 72.0 Å². The molecule has 0 aromatic heterocycles. The number of hydrogen-bond acceptors (Lipinski definition) is 2. The Bertz CT molecular complexity index is 997. The van der Waals surface area contributed by atoms with Crippen LogP contribution in [-0.2, 0) is 10.0 Å². The van der Waals surface area contributed by atoms with Gasteiger partial charge in [-0.3, -0.25) is 4.72 Å². The van der Waals surface area contributed by atoms with E-state index in [1.54, 1.807) is 36.4 Å². The Hall–Kier alpha value is -2.40. The van der Waals surface area contributed by atoms with Crippen LogP contribution in [0.1, 0.15) is 25.3 Å². The summed E-state index contributed by atoms with van der Waals surface area (Å²) in [6.45, 7) is 4.00. The Morgan fingerprint density at radius 1 is 0.875 bits per heavy atom. The minimum Gasteiger partial charge on any atom is -0.279 e. The van der Waals surface area contributed by atoms with E-state index in [9.17, 15) is 12.8 Å². The molecule has 3 nitrogen and oxygen atoms in total. The van der Waals surface area contributed by atoms with Gasteiger partial charge in [0.15, 0.2) is 0 Å². The van der Waals surface area contributed by atoms with Crippen molar-refractivity contribution in [1.29, 1.82) is 0 Å². The van der Waals surface area contributed by atoms with Gasteiger partial charge in [0.05, 0.1) is 10.6 Å².